The van der Waals surface area contributed by atoms with E-state index in [2.05, 4.69) is 41.5 Å². The first-order valence-electron chi connectivity index (χ1n) is 14.2. The SMILES string of the molecule is CC(=O)OC1CC[C@@]2(C)C(CC[C@H]3[C@@H]4CC[C@H]([C@H](C)CC[C@H](C)C(C)C)[C@@]4(C)CC[C@@H]32)C1. The first kappa shape index (κ1) is 24.6. The van der Waals surface area contributed by atoms with Gasteiger partial charge in [0.25, 0.3) is 0 Å². The summed E-state index contributed by atoms with van der Waals surface area (Å²) in [6.45, 7) is 16.7. The highest BCUT2D eigenvalue weighted by Crippen LogP contribution is 2.68. The smallest absolute Gasteiger partial charge is 0.302 e. The molecule has 4 aliphatic carbocycles. The Hall–Kier alpha value is -0.530. The Morgan fingerprint density at radius 1 is 0.875 bits per heavy atom. The second kappa shape index (κ2) is 9.26. The molecule has 0 heterocycles. The summed E-state index contributed by atoms with van der Waals surface area (Å²) in [4.78, 5) is 11.5. The third-order valence-electron chi connectivity index (χ3n) is 11.9. The molecule has 2 heteroatoms. The number of rotatable bonds is 6. The van der Waals surface area contributed by atoms with Crippen LogP contribution in [-0.4, -0.2) is 12.1 Å². The summed E-state index contributed by atoms with van der Waals surface area (Å²) in [5.74, 6) is 6.99. The van der Waals surface area contributed by atoms with Crippen LogP contribution >= 0.6 is 0 Å². The van der Waals surface area contributed by atoms with E-state index < -0.39 is 0 Å². The van der Waals surface area contributed by atoms with Gasteiger partial charge in [-0.25, -0.2) is 0 Å². The lowest BCUT2D eigenvalue weighted by Gasteiger charge is -2.61. The quantitative estimate of drug-likeness (QED) is 0.385. The molecule has 2 nitrogen and oxygen atoms in total. The fraction of sp³-hybridized carbons (Fsp3) is 0.967. The molecule has 0 radical (unpaired) electrons. The highest BCUT2D eigenvalue weighted by atomic mass is 16.5. The van der Waals surface area contributed by atoms with Crippen molar-refractivity contribution in [2.75, 3.05) is 0 Å². The maximum Gasteiger partial charge on any atom is 0.302 e. The zero-order valence-corrected chi connectivity index (χ0v) is 22.3. The van der Waals surface area contributed by atoms with E-state index in [9.17, 15) is 4.79 Å². The van der Waals surface area contributed by atoms with Crippen LogP contribution in [0.25, 0.3) is 0 Å². The molecule has 0 aliphatic heterocycles. The fourth-order valence-corrected chi connectivity index (χ4v) is 9.60. The minimum atomic E-state index is -0.0883. The summed E-state index contributed by atoms with van der Waals surface area (Å²) in [5, 5.41) is 0. The largest absolute Gasteiger partial charge is 0.463 e. The molecule has 0 amide bonds. The van der Waals surface area contributed by atoms with E-state index in [1.54, 1.807) is 6.92 Å². The van der Waals surface area contributed by atoms with Gasteiger partial charge in [-0.15, -0.1) is 0 Å². The fourth-order valence-electron chi connectivity index (χ4n) is 9.60. The van der Waals surface area contributed by atoms with E-state index in [0.717, 1.165) is 60.2 Å². The van der Waals surface area contributed by atoms with Gasteiger partial charge >= 0.3 is 5.97 Å². The van der Waals surface area contributed by atoms with Gasteiger partial charge in [0, 0.05) is 6.92 Å². The number of fused-ring (bicyclic) bond motifs is 5. The van der Waals surface area contributed by atoms with Crippen molar-refractivity contribution in [2.45, 2.75) is 125 Å². The second-order valence-corrected chi connectivity index (χ2v) is 13.7. The molecule has 4 saturated carbocycles. The molecule has 184 valence electrons. The van der Waals surface area contributed by atoms with Crippen LogP contribution in [-0.2, 0) is 9.53 Å². The summed E-state index contributed by atoms with van der Waals surface area (Å²) in [5.41, 5.74) is 1.07. The van der Waals surface area contributed by atoms with Gasteiger partial charge in [0.2, 0.25) is 0 Å². The molecule has 4 aliphatic rings. The standard InChI is InChI=1S/C30H52O2/c1-19(2)20(3)8-9-21(4)26-12-13-27-25-11-10-23-18-24(32-22(5)31)14-16-29(23,6)28(25)15-17-30(26,27)7/h19-21,23-28H,8-18H2,1-7H3/t20-,21+,23?,24?,25-,26+,27-,28-,29-,30+/m0/s1. The highest BCUT2D eigenvalue weighted by molar-refractivity contribution is 5.66. The van der Waals surface area contributed by atoms with Crippen LogP contribution in [0.4, 0.5) is 0 Å². The third-order valence-corrected chi connectivity index (χ3v) is 11.9. The summed E-state index contributed by atoms with van der Waals surface area (Å²) in [6.07, 6.45) is 15.2. The molecule has 0 aromatic heterocycles. The Kier molecular flexibility index (Phi) is 7.11. The predicted molar refractivity (Wildman–Crippen MR) is 133 cm³/mol. The average Bonchev–Trinajstić information content (AvgIpc) is 3.08. The van der Waals surface area contributed by atoms with Crippen molar-refractivity contribution in [2.24, 2.45) is 58.2 Å². The van der Waals surface area contributed by atoms with Crippen molar-refractivity contribution in [1.82, 2.24) is 0 Å². The highest BCUT2D eigenvalue weighted by Gasteiger charge is 2.60. The molecule has 4 fully saturated rings. The van der Waals surface area contributed by atoms with Crippen LogP contribution < -0.4 is 0 Å². The molecule has 4 rings (SSSR count). The van der Waals surface area contributed by atoms with Gasteiger partial charge in [-0.1, -0.05) is 54.4 Å². The van der Waals surface area contributed by atoms with Crippen LogP contribution in [0, 0.1) is 58.2 Å². The van der Waals surface area contributed by atoms with Crippen LogP contribution in [0.15, 0.2) is 0 Å². The van der Waals surface area contributed by atoms with Gasteiger partial charge < -0.3 is 4.74 Å². The van der Waals surface area contributed by atoms with Crippen LogP contribution in [0.1, 0.15) is 119 Å². The molecule has 0 N–H and O–H groups in total. The van der Waals surface area contributed by atoms with Crippen molar-refractivity contribution in [3.05, 3.63) is 0 Å². The number of hydrogen-bond donors (Lipinski definition) is 0. The molecular weight excluding hydrogens is 392 g/mol. The molecule has 32 heavy (non-hydrogen) atoms. The first-order chi connectivity index (χ1) is 15.1. The summed E-state index contributed by atoms with van der Waals surface area (Å²) >= 11 is 0. The number of esters is 1. The Labute approximate surface area is 199 Å². The summed E-state index contributed by atoms with van der Waals surface area (Å²) in [6, 6.07) is 0. The predicted octanol–water partition coefficient (Wildman–Crippen LogP) is 8.29. The van der Waals surface area contributed by atoms with Crippen molar-refractivity contribution in [3.8, 4) is 0 Å². The van der Waals surface area contributed by atoms with Crippen LogP contribution in [0.5, 0.6) is 0 Å². The molecule has 0 aromatic carbocycles. The lowest BCUT2D eigenvalue weighted by molar-refractivity contribution is -0.160. The Bertz CT molecular complexity index is 670. The number of ether oxygens (including phenoxy) is 1. The van der Waals surface area contributed by atoms with Gasteiger partial charge in [-0.2, -0.15) is 0 Å². The number of carbonyl (C=O) groups is 1. The number of hydrogen-bond acceptors (Lipinski definition) is 2. The van der Waals surface area contributed by atoms with Crippen LogP contribution in [0.3, 0.4) is 0 Å². The molecule has 10 atom stereocenters. The summed E-state index contributed by atoms with van der Waals surface area (Å²) < 4.78 is 5.66. The Morgan fingerprint density at radius 3 is 2.25 bits per heavy atom. The van der Waals surface area contributed by atoms with E-state index >= 15 is 0 Å². The monoisotopic (exact) mass is 444 g/mol. The minimum absolute atomic E-state index is 0.0883. The molecule has 0 saturated heterocycles. The van der Waals surface area contributed by atoms with Crippen molar-refractivity contribution in [3.63, 3.8) is 0 Å². The normalized spacial score (nSPS) is 45.5. The minimum Gasteiger partial charge on any atom is -0.463 e. The van der Waals surface area contributed by atoms with Gasteiger partial charge in [0.05, 0.1) is 0 Å². The first-order valence-corrected chi connectivity index (χ1v) is 14.2. The van der Waals surface area contributed by atoms with Gasteiger partial charge in [0.15, 0.2) is 0 Å². The van der Waals surface area contributed by atoms with Crippen LogP contribution in [0.2, 0.25) is 0 Å². The molecular formula is C30H52O2. The maximum atomic E-state index is 11.5. The van der Waals surface area contributed by atoms with E-state index in [4.69, 9.17) is 4.74 Å². The molecule has 0 spiro atoms. The second-order valence-electron chi connectivity index (χ2n) is 13.7. The van der Waals surface area contributed by atoms with E-state index in [0.29, 0.717) is 10.8 Å². The van der Waals surface area contributed by atoms with Crippen molar-refractivity contribution in [1.29, 1.82) is 0 Å². The molecule has 0 bridgehead atoms. The van der Waals surface area contributed by atoms with E-state index in [1.165, 1.54) is 57.8 Å². The Morgan fingerprint density at radius 2 is 1.56 bits per heavy atom. The van der Waals surface area contributed by atoms with E-state index in [1.807, 2.05) is 0 Å². The van der Waals surface area contributed by atoms with Gasteiger partial charge in [-0.3, -0.25) is 4.79 Å². The van der Waals surface area contributed by atoms with Gasteiger partial charge in [-0.05, 0) is 116 Å². The van der Waals surface area contributed by atoms with Gasteiger partial charge in [0.1, 0.15) is 6.10 Å². The Balaban J connectivity index is 1.43. The van der Waals surface area contributed by atoms with Crippen molar-refractivity contribution >= 4 is 5.97 Å². The average molecular weight is 445 g/mol. The zero-order valence-electron chi connectivity index (χ0n) is 22.3. The zero-order chi connectivity index (χ0) is 23.3. The molecule has 0 aromatic rings. The third kappa shape index (κ3) is 4.31. The molecule has 2 unspecified atom stereocenters. The maximum absolute atomic E-state index is 11.5. The van der Waals surface area contributed by atoms with Crippen molar-refractivity contribution < 1.29 is 9.53 Å². The topological polar surface area (TPSA) is 26.3 Å². The lowest BCUT2D eigenvalue weighted by atomic mass is 9.44. The number of carbonyl (C=O) groups excluding carboxylic acids is 1. The summed E-state index contributed by atoms with van der Waals surface area (Å²) in [7, 11) is 0. The lowest BCUT2D eigenvalue weighted by Crippen LogP contribution is -2.54. The van der Waals surface area contributed by atoms with E-state index in [-0.39, 0.29) is 12.1 Å².